The van der Waals surface area contributed by atoms with E-state index in [1.54, 1.807) is 0 Å². The second-order valence-electron chi connectivity index (χ2n) is 6.28. The standard InChI is InChI=1S/C20H22N2O2/c1-14(2)20-22-17-13-16(11-12-18(17)24-20)21-19(23)10-6-9-15-7-4-3-5-8-15/h3-5,7-8,11-14H,6,9-10H2,1-2H3,(H,21,23). The number of carbonyl (C=O) groups excluding carboxylic acids is 1. The number of hydrogen-bond acceptors (Lipinski definition) is 3. The van der Waals surface area contributed by atoms with E-state index in [9.17, 15) is 4.79 Å². The van der Waals surface area contributed by atoms with Crippen LogP contribution in [0.1, 0.15) is 44.1 Å². The molecule has 0 aliphatic rings. The molecule has 0 spiro atoms. The van der Waals surface area contributed by atoms with E-state index < -0.39 is 0 Å². The first-order valence-electron chi connectivity index (χ1n) is 8.36. The second kappa shape index (κ2) is 7.30. The molecule has 24 heavy (non-hydrogen) atoms. The Morgan fingerprint density at radius 2 is 1.96 bits per heavy atom. The molecule has 0 radical (unpaired) electrons. The van der Waals surface area contributed by atoms with Crippen LogP contribution in [0.25, 0.3) is 11.1 Å². The summed E-state index contributed by atoms with van der Waals surface area (Å²) in [4.78, 5) is 16.6. The molecule has 0 unspecified atom stereocenters. The van der Waals surface area contributed by atoms with Crippen LogP contribution in [0.15, 0.2) is 52.9 Å². The van der Waals surface area contributed by atoms with Gasteiger partial charge in [0.2, 0.25) is 5.91 Å². The minimum absolute atomic E-state index is 0.0258. The van der Waals surface area contributed by atoms with Crippen LogP contribution in [0.2, 0.25) is 0 Å². The van der Waals surface area contributed by atoms with Gasteiger partial charge in [0, 0.05) is 18.0 Å². The number of benzene rings is 2. The fourth-order valence-electron chi connectivity index (χ4n) is 2.59. The van der Waals surface area contributed by atoms with Gasteiger partial charge in [0.05, 0.1) is 0 Å². The molecule has 0 bridgehead atoms. The highest BCUT2D eigenvalue weighted by molar-refractivity contribution is 5.92. The Bertz CT molecular complexity index is 822. The molecule has 1 aromatic heterocycles. The summed E-state index contributed by atoms with van der Waals surface area (Å²) in [5, 5.41) is 2.94. The fraction of sp³-hybridized carbons (Fsp3) is 0.300. The predicted molar refractivity (Wildman–Crippen MR) is 96.1 cm³/mol. The lowest BCUT2D eigenvalue weighted by molar-refractivity contribution is -0.116. The monoisotopic (exact) mass is 322 g/mol. The summed E-state index contributed by atoms with van der Waals surface area (Å²) in [5.41, 5.74) is 3.55. The Hall–Kier alpha value is -2.62. The topological polar surface area (TPSA) is 55.1 Å². The summed E-state index contributed by atoms with van der Waals surface area (Å²) >= 11 is 0. The summed E-state index contributed by atoms with van der Waals surface area (Å²) in [5.74, 6) is 0.989. The van der Waals surface area contributed by atoms with Crippen LogP contribution in [-0.4, -0.2) is 10.9 Å². The molecule has 2 aromatic carbocycles. The Balaban J connectivity index is 1.56. The molecule has 1 N–H and O–H groups in total. The summed E-state index contributed by atoms with van der Waals surface area (Å²) < 4.78 is 5.68. The molecule has 1 heterocycles. The van der Waals surface area contributed by atoms with Crippen molar-refractivity contribution in [3.05, 3.63) is 60.0 Å². The summed E-state index contributed by atoms with van der Waals surface area (Å²) in [7, 11) is 0. The van der Waals surface area contributed by atoms with Gasteiger partial charge in [0.15, 0.2) is 11.5 Å². The Labute approximate surface area is 141 Å². The van der Waals surface area contributed by atoms with Gasteiger partial charge in [-0.3, -0.25) is 4.79 Å². The van der Waals surface area contributed by atoms with E-state index in [0.29, 0.717) is 6.42 Å². The van der Waals surface area contributed by atoms with Gasteiger partial charge >= 0.3 is 0 Å². The lowest BCUT2D eigenvalue weighted by Gasteiger charge is -2.05. The third-order valence-electron chi connectivity index (χ3n) is 3.89. The molecule has 4 nitrogen and oxygen atoms in total. The van der Waals surface area contributed by atoms with Gasteiger partial charge in [0.25, 0.3) is 0 Å². The number of aryl methyl sites for hydroxylation is 1. The van der Waals surface area contributed by atoms with Crippen LogP contribution >= 0.6 is 0 Å². The number of nitrogens with one attached hydrogen (secondary N) is 1. The molecule has 1 amide bonds. The van der Waals surface area contributed by atoms with Gasteiger partial charge in [-0.2, -0.15) is 0 Å². The fourth-order valence-corrected chi connectivity index (χ4v) is 2.59. The molecule has 0 saturated heterocycles. The number of aromatic nitrogens is 1. The van der Waals surface area contributed by atoms with Crippen molar-refractivity contribution in [1.82, 2.24) is 4.98 Å². The molecule has 0 aliphatic heterocycles. The number of amides is 1. The van der Waals surface area contributed by atoms with Crippen molar-refractivity contribution in [3.8, 4) is 0 Å². The van der Waals surface area contributed by atoms with Gasteiger partial charge in [-0.1, -0.05) is 44.2 Å². The number of rotatable bonds is 6. The van der Waals surface area contributed by atoms with Crippen molar-refractivity contribution in [1.29, 1.82) is 0 Å². The van der Waals surface area contributed by atoms with E-state index >= 15 is 0 Å². The van der Waals surface area contributed by atoms with E-state index in [1.807, 2.05) is 50.2 Å². The van der Waals surface area contributed by atoms with Gasteiger partial charge in [-0.15, -0.1) is 0 Å². The van der Waals surface area contributed by atoms with Crippen LogP contribution in [0, 0.1) is 0 Å². The van der Waals surface area contributed by atoms with Gasteiger partial charge in [0.1, 0.15) is 5.52 Å². The number of anilines is 1. The van der Waals surface area contributed by atoms with E-state index in [0.717, 1.165) is 35.5 Å². The van der Waals surface area contributed by atoms with Crippen LogP contribution in [0.3, 0.4) is 0 Å². The average Bonchev–Trinajstić information content (AvgIpc) is 2.99. The summed E-state index contributed by atoms with van der Waals surface area (Å²) in [6, 6.07) is 15.8. The molecule has 124 valence electrons. The maximum atomic E-state index is 12.1. The number of hydrogen-bond donors (Lipinski definition) is 1. The molecular weight excluding hydrogens is 300 g/mol. The SMILES string of the molecule is CC(C)c1nc2cc(NC(=O)CCCc3ccccc3)ccc2o1. The van der Waals surface area contributed by atoms with Crippen LogP contribution in [-0.2, 0) is 11.2 Å². The van der Waals surface area contributed by atoms with Crippen molar-refractivity contribution in [3.63, 3.8) is 0 Å². The number of nitrogens with zero attached hydrogens (tertiary/aromatic N) is 1. The van der Waals surface area contributed by atoms with Gasteiger partial charge in [-0.25, -0.2) is 4.98 Å². The van der Waals surface area contributed by atoms with Crippen molar-refractivity contribution in [2.24, 2.45) is 0 Å². The Morgan fingerprint density at radius 3 is 2.71 bits per heavy atom. The Morgan fingerprint density at radius 1 is 1.17 bits per heavy atom. The smallest absolute Gasteiger partial charge is 0.224 e. The molecule has 0 atom stereocenters. The number of carbonyl (C=O) groups is 1. The average molecular weight is 322 g/mol. The van der Waals surface area contributed by atoms with Crippen molar-refractivity contribution in [2.45, 2.75) is 39.0 Å². The zero-order valence-electron chi connectivity index (χ0n) is 14.1. The predicted octanol–water partition coefficient (Wildman–Crippen LogP) is 4.91. The normalized spacial score (nSPS) is 11.1. The van der Waals surface area contributed by atoms with E-state index in [1.165, 1.54) is 5.56 Å². The lowest BCUT2D eigenvalue weighted by Crippen LogP contribution is -2.11. The highest BCUT2D eigenvalue weighted by atomic mass is 16.3. The molecule has 0 saturated carbocycles. The minimum Gasteiger partial charge on any atom is -0.440 e. The maximum Gasteiger partial charge on any atom is 0.224 e. The van der Waals surface area contributed by atoms with Crippen LogP contribution in [0.5, 0.6) is 0 Å². The minimum atomic E-state index is 0.0258. The van der Waals surface area contributed by atoms with E-state index in [2.05, 4.69) is 22.4 Å². The number of fused-ring (bicyclic) bond motifs is 1. The van der Waals surface area contributed by atoms with Gasteiger partial charge in [-0.05, 0) is 36.6 Å². The zero-order chi connectivity index (χ0) is 16.9. The third-order valence-corrected chi connectivity index (χ3v) is 3.89. The van der Waals surface area contributed by atoms with Crippen LogP contribution in [0.4, 0.5) is 5.69 Å². The van der Waals surface area contributed by atoms with Crippen molar-refractivity contribution >= 4 is 22.7 Å². The molecule has 3 rings (SSSR count). The first kappa shape index (κ1) is 16.2. The van der Waals surface area contributed by atoms with Crippen LogP contribution < -0.4 is 5.32 Å². The highest BCUT2D eigenvalue weighted by Crippen LogP contribution is 2.23. The maximum absolute atomic E-state index is 12.1. The molecule has 0 aliphatic carbocycles. The van der Waals surface area contributed by atoms with E-state index in [4.69, 9.17) is 4.42 Å². The third kappa shape index (κ3) is 4.02. The summed E-state index contributed by atoms with van der Waals surface area (Å²) in [6.07, 6.45) is 2.25. The Kier molecular flexibility index (Phi) is 4.94. The molecular formula is C20H22N2O2. The number of oxazole rings is 1. The molecule has 3 aromatic rings. The van der Waals surface area contributed by atoms with Crippen molar-refractivity contribution < 1.29 is 9.21 Å². The van der Waals surface area contributed by atoms with Gasteiger partial charge < -0.3 is 9.73 Å². The highest BCUT2D eigenvalue weighted by Gasteiger charge is 2.10. The zero-order valence-corrected chi connectivity index (χ0v) is 14.1. The quantitative estimate of drug-likeness (QED) is 0.701. The largest absolute Gasteiger partial charge is 0.440 e. The van der Waals surface area contributed by atoms with Crippen molar-refractivity contribution in [2.75, 3.05) is 5.32 Å². The second-order valence-corrected chi connectivity index (χ2v) is 6.28. The molecule has 4 heteroatoms. The molecule has 0 fully saturated rings. The lowest BCUT2D eigenvalue weighted by atomic mass is 10.1. The first-order chi connectivity index (χ1) is 11.6. The van der Waals surface area contributed by atoms with E-state index in [-0.39, 0.29) is 11.8 Å². The first-order valence-corrected chi connectivity index (χ1v) is 8.36. The summed E-state index contributed by atoms with van der Waals surface area (Å²) in [6.45, 7) is 4.08.